The average molecular weight is 282 g/mol. The van der Waals surface area contributed by atoms with Crippen LogP contribution in [0.4, 0.5) is 0 Å². The van der Waals surface area contributed by atoms with Gasteiger partial charge in [-0.15, -0.1) is 0 Å². The molecule has 2 rings (SSSR count). The zero-order chi connectivity index (χ0) is 14.6. The van der Waals surface area contributed by atoms with E-state index < -0.39 is 0 Å². The first-order valence-corrected chi connectivity index (χ1v) is 8.28. The van der Waals surface area contributed by atoms with Crippen LogP contribution in [0.25, 0.3) is 0 Å². The van der Waals surface area contributed by atoms with E-state index in [0.717, 1.165) is 51.6 Å². The molecule has 1 saturated carbocycles. The summed E-state index contributed by atoms with van der Waals surface area (Å²) in [4.78, 5) is 12.5. The molecule has 116 valence electrons. The van der Waals surface area contributed by atoms with Gasteiger partial charge in [0.2, 0.25) is 5.91 Å². The van der Waals surface area contributed by atoms with Crippen molar-refractivity contribution >= 4 is 5.91 Å². The van der Waals surface area contributed by atoms with E-state index in [4.69, 9.17) is 10.5 Å². The zero-order valence-corrected chi connectivity index (χ0v) is 13.0. The van der Waals surface area contributed by atoms with E-state index in [0.29, 0.717) is 12.5 Å². The van der Waals surface area contributed by atoms with Crippen LogP contribution < -0.4 is 11.1 Å². The molecule has 20 heavy (non-hydrogen) atoms. The number of amides is 1. The lowest BCUT2D eigenvalue weighted by molar-refractivity contribution is -0.130. The number of hydrogen-bond donors (Lipinski definition) is 2. The highest BCUT2D eigenvalue weighted by molar-refractivity contribution is 5.79. The standard InChI is InChI=1S/C16H30N2O2/c1-3-16(4-2)10-13(8-9-20-16)18-15(19)14-7-5-6-12(14)11-17/h12-14H,3-11,17H2,1-2H3,(H,18,19). The van der Waals surface area contributed by atoms with Gasteiger partial charge in [-0.2, -0.15) is 0 Å². The van der Waals surface area contributed by atoms with Crippen molar-refractivity contribution in [3.8, 4) is 0 Å². The molecular formula is C16H30N2O2. The number of ether oxygens (including phenoxy) is 1. The van der Waals surface area contributed by atoms with Crippen molar-refractivity contribution < 1.29 is 9.53 Å². The van der Waals surface area contributed by atoms with Gasteiger partial charge in [-0.05, 0) is 51.0 Å². The summed E-state index contributed by atoms with van der Waals surface area (Å²) in [6, 6.07) is 0.273. The van der Waals surface area contributed by atoms with Gasteiger partial charge in [0.05, 0.1) is 5.60 Å². The summed E-state index contributed by atoms with van der Waals surface area (Å²) in [5, 5.41) is 3.27. The highest BCUT2D eigenvalue weighted by Gasteiger charge is 2.37. The topological polar surface area (TPSA) is 64.4 Å². The highest BCUT2D eigenvalue weighted by atomic mass is 16.5. The Hall–Kier alpha value is -0.610. The maximum Gasteiger partial charge on any atom is 0.223 e. The molecule has 2 aliphatic rings. The van der Waals surface area contributed by atoms with Crippen LogP contribution in [0.3, 0.4) is 0 Å². The molecule has 0 aromatic carbocycles. The van der Waals surface area contributed by atoms with Crippen molar-refractivity contribution in [1.82, 2.24) is 5.32 Å². The number of nitrogens with one attached hydrogen (secondary N) is 1. The average Bonchev–Trinajstić information content (AvgIpc) is 2.96. The van der Waals surface area contributed by atoms with Crippen LogP contribution in [0.5, 0.6) is 0 Å². The van der Waals surface area contributed by atoms with Crippen LogP contribution in [0.1, 0.15) is 58.8 Å². The fraction of sp³-hybridized carbons (Fsp3) is 0.938. The van der Waals surface area contributed by atoms with Crippen molar-refractivity contribution in [2.24, 2.45) is 17.6 Å². The lowest BCUT2D eigenvalue weighted by Gasteiger charge is -2.40. The summed E-state index contributed by atoms with van der Waals surface area (Å²) in [5.74, 6) is 0.753. The molecule has 0 radical (unpaired) electrons. The third kappa shape index (κ3) is 3.34. The molecule has 1 saturated heterocycles. The maximum absolute atomic E-state index is 12.5. The molecule has 3 N–H and O–H groups in total. The third-order valence-electron chi connectivity index (χ3n) is 5.43. The molecule has 3 unspecified atom stereocenters. The predicted molar refractivity (Wildman–Crippen MR) is 80.3 cm³/mol. The van der Waals surface area contributed by atoms with Crippen LogP contribution in [0.15, 0.2) is 0 Å². The van der Waals surface area contributed by atoms with Crippen LogP contribution in [0.2, 0.25) is 0 Å². The number of hydrogen-bond acceptors (Lipinski definition) is 3. The minimum Gasteiger partial charge on any atom is -0.375 e. The van der Waals surface area contributed by atoms with Gasteiger partial charge in [0.15, 0.2) is 0 Å². The normalized spacial score (nSPS) is 33.0. The Morgan fingerprint density at radius 3 is 2.70 bits per heavy atom. The summed E-state index contributed by atoms with van der Waals surface area (Å²) in [7, 11) is 0. The maximum atomic E-state index is 12.5. The summed E-state index contributed by atoms with van der Waals surface area (Å²) in [5.41, 5.74) is 5.75. The van der Waals surface area contributed by atoms with E-state index in [1.165, 1.54) is 0 Å². The fourth-order valence-corrected chi connectivity index (χ4v) is 3.87. The molecule has 0 aromatic rings. The molecule has 2 fully saturated rings. The molecule has 1 aliphatic heterocycles. The molecule has 1 heterocycles. The van der Waals surface area contributed by atoms with E-state index in [9.17, 15) is 4.79 Å². The molecule has 0 bridgehead atoms. The Kier molecular flexibility index (Phi) is 5.44. The van der Waals surface area contributed by atoms with E-state index in [1.807, 2.05) is 0 Å². The van der Waals surface area contributed by atoms with Gasteiger partial charge < -0.3 is 15.8 Å². The lowest BCUT2D eigenvalue weighted by Crippen LogP contribution is -2.50. The van der Waals surface area contributed by atoms with E-state index in [1.54, 1.807) is 0 Å². The first-order chi connectivity index (χ1) is 9.64. The van der Waals surface area contributed by atoms with Gasteiger partial charge in [-0.1, -0.05) is 20.3 Å². The number of rotatable bonds is 5. The minimum atomic E-state index is -0.0286. The molecule has 1 amide bonds. The summed E-state index contributed by atoms with van der Waals surface area (Å²) in [6.07, 6.45) is 7.18. The van der Waals surface area contributed by atoms with Crippen molar-refractivity contribution in [2.75, 3.05) is 13.2 Å². The van der Waals surface area contributed by atoms with E-state index in [2.05, 4.69) is 19.2 Å². The lowest BCUT2D eigenvalue weighted by atomic mass is 9.85. The first kappa shape index (κ1) is 15.8. The third-order valence-corrected chi connectivity index (χ3v) is 5.43. The molecular weight excluding hydrogens is 252 g/mol. The summed E-state index contributed by atoms with van der Waals surface area (Å²) < 4.78 is 5.97. The number of carbonyl (C=O) groups is 1. The highest BCUT2D eigenvalue weighted by Crippen LogP contribution is 2.33. The molecule has 4 heteroatoms. The Morgan fingerprint density at radius 1 is 1.30 bits per heavy atom. The molecule has 0 aromatic heterocycles. The van der Waals surface area contributed by atoms with Crippen molar-refractivity contribution in [2.45, 2.75) is 70.4 Å². The van der Waals surface area contributed by atoms with Gasteiger partial charge in [0.25, 0.3) is 0 Å². The van der Waals surface area contributed by atoms with Gasteiger partial charge in [0, 0.05) is 18.6 Å². The molecule has 1 aliphatic carbocycles. The largest absolute Gasteiger partial charge is 0.375 e. The molecule has 0 spiro atoms. The monoisotopic (exact) mass is 282 g/mol. The summed E-state index contributed by atoms with van der Waals surface area (Å²) in [6.45, 7) is 5.75. The van der Waals surface area contributed by atoms with Crippen LogP contribution in [0, 0.1) is 11.8 Å². The van der Waals surface area contributed by atoms with E-state index >= 15 is 0 Å². The Morgan fingerprint density at radius 2 is 2.05 bits per heavy atom. The van der Waals surface area contributed by atoms with Crippen molar-refractivity contribution in [3.05, 3.63) is 0 Å². The van der Waals surface area contributed by atoms with Crippen LogP contribution in [-0.4, -0.2) is 30.7 Å². The predicted octanol–water partition coefficient (Wildman–Crippen LogP) is 2.22. The first-order valence-electron chi connectivity index (χ1n) is 8.28. The fourth-order valence-electron chi connectivity index (χ4n) is 3.87. The van der Waals surface area contributed by atoms with Gasteiger partial charge in [-0.25, -0.2) is 0 Å². The Labute approximate surface area is 122 Å². The Bertz CT molecular complexity index is 328. The number of carbonyl (C=O) groups excluding carboxylic acids is 1. The van der Waals surface area contributed by atoms with Gasteiger partial charge in [-0.3, -0.25) is 4.79 Å². The second-order valence-electron chi connectivity index (χ2n) is 6.47. The zero-order valence-electron chi connectivity index (χ0n) is 13.0. The minimum absolute atomic E-state index is 0.0286. The SMILES string of the molecule is CCC1(CC)CC(NC(=O)C2CCCC2CN)CCO1. The molecule has 4 nitrogen and oxygen atoms in total. The van der Waals surface area contributed by atoms with Crippen LogP contribution >= 0.6 is 0 Å². The van der Waals surface area contributed by atoms with Crippen LogP contribution in [-0.2, 0) is 9.53 Å². The smallest absolute Gasteiger partial charge is 0.223 e. The van der Waals surface area contributed by atoms with E-state index in [-0.39, 0.29) is 23.5 Å². The number of nitrogens with two attached hydrogens (primary N) is 1. The van der Waals surface area contributed by atoms with Crippen molar-refractivity contribution in [1.29, 1.82) is 0 Å². The molecule has 3 atom stereocenters. The van der Waals surface area contributed by atoms with Gasteiger partial charge >= 0.3 is 0 Å². The Balaban J connectivity index is 1.91. The van der Waals surface area contributed by atoms with Crippen molar-refractivity contribution in [3.63, 3.8) is 0 Å². The quantitative estimate of drug-likeness (QED) is 0.812. The second kappa shape index (κ2) is 6.90. The second-order valence-corrected chi connectivity index (χ2v) is 6.47. The summed E-state index contributed by atoms with van der Waals surface area (Å²) >= 11 is 0. The van der Waals surface area contributed by atoms with Gasteiger partial charge in [0.1, 0.15) is 0 Å².